The Balaban J connectivity index is 1.51. The zero-order valence-corrected chi connectivity index (χ0v) is 18.3. The van der Waals surface area contributed by atoms with Crippen LogP contribution in [0.2, 0.25) is 0 Å². The van der Waals surface area contributed by atoms with E-state index in [1.54, 1.807) is 0 Å². The average molecular weight is 472 g/mol. The molecule has 0 radical (unpaired) electrons. The Kier molecular flexibility index (Phi) is 7.30. The first-order valence-corrected chi connectivity index (χ1v) is 10.8. The van der Waals surface area contributed by atoms with Crippen LogP contribution in [0.4, 0.5) is 22.0 Å². The Morgan fingerprint density at radius 3 is 2.32 bits per heavy atom. The first-order chi connectivity index (χ1) is 16.4. The molecule has 1 heterocycles. The van der Waals surface area contributed by atoms with E-state index in [4.69, 9.17) is 9.47 Å². The molecule has 176 valence electrons. The van der Waals surface area contributed by atoms with Crippen LogP contribution < -0.4 is 0 Å². The van der Waals surface area contributed by atoms with Crippen LogP contribution in [0.3, 0.4) is 0 Å². The van der Waals surface area contributed by atoms with Crippen molar-refractivity contribution in [1.29, 1.82) is 0 Å². The fourth-order valence-electron chi connectivity index (χ4n) is 3.77. The second-order valence-corrected chi connectivity index (χ2v) is 7.96. The first kappa shape index (κ1) is 23.9. The van der Waals surface area contributed by atoms with Crippen molar-refractivity contribution in [1.82, 2.24) is 0 Å². The molecule has 0 unspecified atom stereocenters. The van der Waals surface area contributed by atoms with Gasteiger partial charge in [-0.3, -0.25) is 0 Å². The third-order valence-corrected chi connectivity index (χ3v) is 5.60. The number of halogens is 5. The lowest BCUT2D eigenvalue weighted by Crippen LogP contribution is -2.31. The molecule has 0 aliphatic carbocycles. The van der Waals surface area contributed by atoms with Gasteiger partial charge < -0.3 is 9.47 Å². The van der Waals surface area contributed by atoms with Crippen molar-refractivity contribution in [3.8, 4) is 11.8 Å². The summed E-state index contributed by atoms with van der Waals surface area (Å²) in [7, 11) is 0. The van der Waals surface area contributed by atoms with Gasteiger partial charge in [0.1, 0.15) is 17.7 Å². The fraction of sp³-hybridized carbons (Fsp3) is 0.259. The van der Waals surface area contributed by atoms with Crippen LogP contribution in [0.25, 0.3) is 10.8 Å². The molecule has 0 saturated carbocycles. The van der Waals surface area contributed by atoms with Crippen LogP contribution in [0, 0.1) is 40.9 Å². The predicted molar refractivity (Wildman–Crippen MR) is 119 cm³/mol. The molecule has 1 aliphatic heterocycles. The van der Waals surface area contributed by atoms with Gasteiger partial charge in [-0.1, -0.05) is 30.1 Å². The monoisotopic (exact) mass is 472 g/mol. The van der Waals surface area contributed by atoms with Crippen LogP contribution in [0.5, 0.6) is 0 Å². The minimum atomic E-state index is -1.56. The molecule has 1 aliphatic rings. The maximum Gasteiger partial charge on any atom is 0.195 e. The third-order valence-electron chi connectivity index (χ3n) is 5.60. The molecule has 3 aromatic rings. The molecule has 1 saturated heterocycles. The molecular formula is C27H21F5O2. The molecule has 1 fully saturated rings. The molecule has 7 heteroatoms. The molecule has 0 amide bonds. The van der Waals surface area contributed by atoms with Crippen LogP contribution >= 0.6 is 0 Å². The summed E-state index contributed by atoms with van der Waals surface area (Å²) in [6.07, 6.45) is 5.01. The van der Waals surface area contributed by atoms with Gasteiger partial charge in [-0.05, 0) is 61.0 Å². The van der Waals surface area contributed by atoms with Crippen molar-refractivity contribution >= 4 is 10.8 Å². The van der Waals surface area contributed by atoms with Crippen molar-refractivity contribution in [3.05, 3.63) is 94.3 Å². The highest BCUT2D eigenvalue weighted by Gasteiger charge is 2.25. The fourth-order valence-corrected chi connectivity index (χ4v) is 3.77. The Bertz CT molecular complexity index is 1270. The number of allylic oxidation sites excluding steroid dienone is 2. The molecule has 0 aromatic heterocycles. The normalized spacial score (nSPS) is 18.3. The lowest BCUT2D eigenvalue weighted by Gasteiger charge is -2.29. The Morgan fingerprint density at radius 1 is 0.882 bits per heavy atom. The minimum absolute atomic E-state index is 0.0623. The average Bonchev–Trinajstić information content (AvgIpc) is 2.82. The molecule has 2 nitrogen and oxygen atoms in total. The molecular weight excluding hydrogens is 451 g/mol. The lowest BCUT2D eigenvalue weighted by molar-refractivity contribution is -0.136. The summed E-state index contributed by atoms with van der Waals surface area (Å²) in [5.74, 6) is -0.905. The SMILES string of the molecule is C/C=C/CC[C@@H]1CO[C@@H](c2cc(F)c(C#Cc3ccc4c(F)c(F)c(F)cc4c3)c(F)c2)CO1. The first-order valence-electron chi connectivity index (χ1n) is 10.8. The van der Waals surface area contributed by atoms with Crippen LogP contribution in [0.1, 0.15) is 42.6 Å². The van der Waals surface area contributed by atoms with Gasteiger partial charge in [-0.25, -0.2) is 22.0 Å². The summed E-state index contributed by atoms with van der Waals surface area (Å²) < 4.78 is 81.6. The standard InChI is InChI=1S/C27H21F5O2/c1-2-3-4-5-19-14-34-25(15-33-19)18-12-22(28)21(23(29)13-18)9-7-16-6-8-20-17(10-16)11-24(30)27(32)26(20)31/h2-3,6,8,10-13,19,25H,4-5,14-15H2,1H3/b3-2+/t19-,25-/m1/s1. The van der Waals surface area contributed by atoms with Crippen molar-refractivity contribution in [3.63, 3.8) is 0 Å². The van der Waals surface area contributed by atoms with E-state index >= 15 is 0 Å². The summed E-state index contributed by atoms with van der Waals surface area (Å²) in [6.45, 7) is 2.47. The topological polar surface area (TPSA) is 18.5 Å². The van der Waals surface area contributed by atoms with Gasteiger partial charge in [0.05, 0.1) is 24.9 Å². The highest BCUT2D eigenvalue weighted by atomic mass is 19.2. The van der Waals surface area contributed by atoms with Gasteiger partial charge >= 0.3 is 0 Å². The Morgan fingerprint density at radius 2 is 1.65 bits per heavy atom. The van der Waals surface area contributed by atoms with Crippen LogP contribution in [-0.2, 0) is 9.47 Å². The van der Waals surface area contributed by atoms with E-state index in [0.29, 0.717) is 12.2 Å². The molecule has 0 spiro atoms. The van der Waals surface area contributed by atoms with Crippen LogP contribution in [-0.4, -0.2) is 19.3 Å². The number of hydrogen-bond donors (Lipinski definition) is 0. The van der Waals surface area contributed by atoms with Crippen molar-refractivity contribution in [2.24, 2.45) is 0 Å². The van der Waals surface area contributed by atoms with Gasteiger partial charge in [-0.2, -0.15) is 0 Å². The predicted octanol–water partition coefficient (Wildman–Crippen LogP) is 6.75. The number of benzene rings is 3. The van der Waals surface area contributed by atoms with Crippen molar-refractivity contribution < 1.29 is 31.4 Å². The maximum atomic E-state index is 14.7. The number of hydrogen-bond acceptors (Lipinski definition) is 2. The maximum absolute atomic E-state index is 14.7. The molecule has 3 aromatic carbocycles. The van der Waals surface area contributed by atoms with Crippen molar-refractivity contribution in [2.45, 2.75) is 32.0 Å². The number of fused-ring (bicyclic) bond motifs is 1. The van der Waals surface area contributed by atoms with Crippen LogP contribution in [0.15, 0.2) is 48.6 Å². The van der Waals surface area contributed by atoms with E-state index in [2.05, 4.69) is 11.8 Å². The summed E-state index contributed by atoms with van der Waals surface area (Å²) >= 11 is 0. The Hall–Kier alpha value is -3.21. The summed E-state index contributed by atoms with van der Waals surface area (Å²) in [6, 6.07) is 7.08. The lowest BCUT2D eigenvalue weighted by atomic mass is 10.0. The second-order valence-electron chi connectivity index (χ2n) is 7.96. The molecule has 34 heavy (non-hydrogen) atoms. The minimum Gasteiger partial charge on any atom is -0.373 e. The molecule has 0 N–H and O–H groups in total. The van der Waals surface area contributed by atoms with E-state index in [0.717, 1.165) is 31.0 Å². The quantitative estimate of drug-likeness (QED) is 0.181. The second kappa shape index (κ2) is 10.4. The van der Waals surface area contributed by atoms with E-state index in [-0.39, 0.29) is 29.0 Å². The molecule has 2 atom stereocenters. The van der Waals surface area contributed by atoms with Gasteiger partial charge in [0, 0.05) is 10.9 Å². The van der Waals surface area contributed by atoms with E-state index < -0.39 is 40.8 Å². The smallest absolute Gasteiger partial charge is 0.195 e. The van der Waals surface area contributed by atoms with Gasteiger partial charge in [0.25, 0.3) is 0 Å². The van der Waals surface area contributed by atoms with Gasteiger partial charge in [-0.15, -0.1) is 0 Å². The van der Waals surface area contributed by atoms with E-state index in [9.17, 15) is 22.0 Å². The largest absolute Gasteiger partial charge is 0.373 e. The summed E-state index contributed by atoms with van der Waals surface area (Å²) in [5.41, 5.74) is 0.126. The highest BCUT2D eigenvalue weighted by molar-refractivity contribution is 5.84. The molecule has 4 rings (SSSR count). The molecule has 0 bridgehead atoms. The van der Waals surface area contributed by atoms with Crippen molar-refractivity contribution in [2.75, 3.05) is 13.2 Å². The number of rotatable bonds is 4. The summed E-state index contributed by atoms with van der Waals surface area (Å²) in [5, 5.41) is -0.0390. The van der Waals surface area contributed by atoms with Gasteiger partial charge in [0.15, 0.2) is 17.5 Å². The number of ether oxygens (including phenoxy) is 2. The summed E-state index contributed by atoms with van der Waals surface area (Å²) in [4.78, 5) is 0. The highest BCUT2D eigenvalue weighted by Crippen LogP contribution is 2.28. The van der Waals surface area contributed by atoms with Gasteiger partial charge in [0.2, 0.25) is 0 Å². The zero-order chi connectivity index (χ0) is 24.2. The van der Waals surface area contributed by atoms with E-state index in [1.807, 2.05) is 19.1 Å². The zero-order valence-electron chi connectivity index (χ0n) is 18.3. The third kappa shape index (κ3) is 5.14. The van der Waals surface area contributed by atoms with E-state index in [1.165, 1.54) is 18.2 Å². The Labute approximate surface area is 194 Å².